The van der Waals surface area contributed by atoms with Gasteiger partial charge in [0.15, 0.2) is 12.3 Å². The molecular formula is C30H36F4N6O2. The minimum atomic E-state index is -3.32. The highest BCUT2D eigenvalue weighted by Crippen LogP contribution is 2.44. The number of nitrogens with one attached hydrogen (secondary N) is 1. The fourth-order valence-corrected chi connectivity index (χ4v) is 5.95. The maximum Gasteiger partial charge on any atom is 0.281 e. The molecule has 0 aliphatic carbocycles. The Hall–Kier alpha value is -3.38. The molecule has 226 valence electrons. The van der Waals surface area contributed by atoms with Gasteiger partial charge < -0.3 is 15.3 Å². The van der Waals surface area contributed by atoms with Crippen molar-refractivity contribution in [1.29, 1.82) is 0 Å². The molecule has 0 spiro atoms. The van der Waals surface area contributed by atoms with Crippen LogP contribution in [0.4, 0.5) is 23.4 Å². The molecule has 2 aliphatic heterocycles. The highest BCUT2D eigenvalue weighted by molar-refractivity contribution is 5.87. The Balaban J connectivity index is 1.41. The van der Waals surface area contributed by atoms with Crippen LogP contribution in [0.15, 0.2) is 30.6 Å². The van der Waals surface area contributed by atoms with Crippen molar-refractivity contribution >= 4 is 22.8 Å². The topological polar surface area (TPSA) is 94.5 Å². The predicted molar refractivity (Wildman–Crippen MR) is 150 cm³/mol. The van der Waals surface area contributed by atoms with Crippen LogP contribution < -0.4 is 5.32 Å². The number of aliphatic hydroxyl groups is 1. The summed E-state index contributed by atoms with van der Waals surface area (Å²) in [6, 6.07) is 5.19. The molecule has 42 heavy (non-hydrogen) atoms. The average Bonchev–Trinajstić information content (AvgIpc) is 2.91. The summed E-state index contributed by atoms with van der Waals surface area (Å²) in [6.45, 7) is 7.01. The number of rotatable bonds is 8. The maximum atomic E-state index is 15.7. The standard InChI is InChI=1S/C30H36F4N6O2/c1-17(2)40-14-20(15-40)30(33,34)23-7-5-6-21(26(23)32)18(3)37-27-22-12-24(19(4)38-28(22)36-16-35-27)29(42)8-10-39(11-9-29)25(41)13-31/h5-7,12,16-18,20,42H,8-11,13-15H2,1-4H3,(H,35,36,37,38)/t18-/m1/s1. The molecule has 0 radical (unpaired) electrons. The van der Waals surface area contributed by atoms with E-state index in [9.17, 15) is 14.3 Å². The van der Waals surface area contributed by atoms with E-state index in [1.807, 2.05) is 18.7 Å². The quantitative estimate of drug-likeness (QED) is 0.363. The van der Waals surface area contributed by atoms with Crippen molar-refractivity contribution in [2.24, 2.45) is 5.92 Å². The summed E-state index contributed by atoms with van der Waals surface area (Å²) < 4.78 is 59.3. The van der Waals surface area contributed by atoms with E-state index in [4.69, 9.17) is 0 Å². The second-order valence-corrected chi connectivity index (χ2v) is 11.7. The van der Waals surface area contributed by atoms with Crippen LogP contribution in [0.2, 0.25) is 0 Å². The molecule has 4 heterocycles. The number of anilines is 1. The highest BCUT2D eigenvalue weighted by Gasteiger charge is 2.50. The number of halogens is 4. The summed E-state index contributed by atoms with van der Waals surface area (Å²) in [7, 11) is 0. The number of aryl methyl sites for hydroxylation is 1. The number of piperidine rings is 1. The molecule has 3 aromatic rings. The van der Waals surface area contributed by atoms with E-state index in [-0.39, 0.29) is 50.6 Å². The molecule has 2 N–H and O–H groups in total. The van der Waals surface area contributed by atoms with Crippen LogP contribution in [0.3, 0.4) is 0 Å². The van der Waals surface area contributed by atoms with E-state index in [2.05, 4.69) is 20.3 Å². The van der Waals surface area contributed by atoms with Gasteiger partial charge in [-0.1, -0.05) is 18.2 Å². The smallest absolute Gasteiger partial charge is 0.281 e. The first kappa shape index (κ1) is 30.1. The first-order valence-electron chi connectivity index (χ1n) is 14.2. The van der Waals surface area contributed by atoms with Crippen LogP contribution in [0.25, 0.3) is 11.0 Å². The van der Waals surface area contributed by atoms with Gasteiger partial charge in [-0.25, -0.2) is 32.5 Å². The fourth-order valence-electron chi connectivity index (χ4n) is 5.95. The van der Waals surface area contributed by atoms with Gasteiger partial charge in [0.2, 0.25) is 0 Å². The normalized spacial score (nSPS) is 18.8. The number of hydrogen-bond donors (Lipinski definition) is 2. The van der Waals surface area contributed by atoms with Crippen LogP contribution in [-0.2, 0) is 16.3 Å². The fraction of sp³-hybridized carbons (Fsp3) is 0.533. The molecule has 2 saturated heterocycles. The molecule has 2 fully saturated rings. The molecule has 0 bridgehead atoms. The first-order chi connectivity index (χ1) is 19.9. The minimum absolute atomic E-state index is 0.0720. The number of carbonyl (C=O) groups is 1. The van der Waals surface area contributed by atoms with Gasteiger partial charge in [0.1, 0.15) is 18.0 Å². The third-order valence-electron chi connectivity index (χ3n) is 8.73. The second kappa shape index (κ2) is 11.4. The third kappa shape index (κ3) is 5.42. The Morgan fingerprint density at radius 1 is 1.19 bits per heavy atom. The van der Waals surface area contributed by atoms with Crippen LogP contribution in [-0.4, -0.2) is 74.7 Å². The minimum Gasteiger partial charge on any atom is -0.385 e. The lowest BCUT2D eigenvalue weighted by atomic mass is 9.83. The van der Waals surface area contributed by atoms with Crippen LogP contribution in [0.1, 0.15) is 62.0 Å². The Morgan fingerprint density at radius 2 is 1.88 bits per heavy atom. The average molecular weight is 589 g/mol. The maximum absolute atomic E-state index is 15.7. The Morgan fingerprint density at radius 3 is 2.52 bits per heavy atom. The Bertz CT molecular complexity index is 1470. The van der Waals surface area contributed by atoms with Crippen molar-refractivity contribution in [3.8, 4) is 0 Å². The molecule has 2 aromatic heterocycles. The van der Waals surface area contributed by atoms with Gasteiger partial charge in [-0.05, 0) is 46.6 Å². The van der Waals surface area contributed by atoms with Gasteiger partial charge in [-0.2, -0.15) is 0 Å². The van der Waals surface area contributed by atoms with Crippen molar-refractivity contribution in [1.82, 2.24) is 24.8 Å². The monoisotopic (exact) mass is 588 g/mol. The van der Waals surface area contributed by atoms with E-state index in [1.54, 1.807) is 19.9 Å². The lowest BCUT2D eigenvalue weighted by Crippen LogP contribution is -2.56. The lowest BCUT2D eigenvalue weighted by Gasteiger charge is -2.45. The van der Waals surface area contributed by atoms with Crippen molar-refractivity contribution in [3.05, 3.63) is 58.8 Å². The molecule has 1 atom stereocenters. The highest BCUT2D eigenvalue weighted by atomic mass is 19.3. The van der Waals surface area contributed by atoms with Gasteiger partial charge in [0.05, 0.1) is 28.5 Å². The number of fused-ring (bicyclic) bond motifs is 1. The SMILES string of the molecule is Cc1nc2ncnc(N[C@H](C)c3cccc(C(F)(F)C4CN(C(C)C)C4)c3F)c2cc1C1(O)CCN(C(=O)CF)CC1. The van der Waals surface area contributed by atoms with E-state index < -0.39 is 47.4 Å². The van der Waals surface area contributed by atoms with Gasteiger partial charge in [0.25, 0.3) is 11.8 Å². The van der Waals surface area contributed by atoms with Crippen LogP contribution in [0.5, 0.6) is 0 Å². The van der Waals surface area contributed by atoms with Crippen molar-refractivity contribution in [3.63, 3.8) is 0 Å². The molecular weight excluding hydrogens is 552 g/mol. The number of benzene rings is 1. The zero-order valence-electron chi connectivity index (χ0n) is 24.2. The summed E-state index contributed by atoms with van der Waals surface area (Å²) in [5.74, 6) is -5.54. The molecule has 8 nitrogen and oxygen atoms in total. The summed E-state index contributed by atoms with van der Waals surface area (Å²) in [6.07, 6.45) is 1.70. The van der Waals surface area contributed by atoms with Crippen LogP contribution in [0, 0.1) is 18.7 Å². The number of alkyl halides is 3. The Kier molecular flexibility index (Phi) is 8.14. The summed E-state index contributed by atoms with van der Waals surface area (Å²) >= 11 is 0. The number of likely N-dealkylation sites (tertiary alicyclic amines) is 2. The predicted octanol–water partition coefficient (Wildman–Crippen LogP) is 4.86. The molecule has 0 unspecified atom stereocenters. The van der Waals surface area contributed by atoms with Gasteiger partial charge in [0, 0.05) is 49.0 Å². The zero-order valence-corrected chi connectivity index (χ0v) is 24.2. The number of aromatic nitrogens is 3. The third-order valence-corrected chi connectivity index (χ3v) is 8.73. The van der Waals surface area contributed by atoms with Gasteiger partial charge >= 0.3 is 0 Å². The molecule has 0 saturated carbocycles. The number of amides is 1. The van der Waals surface area contributed by atoms with E-state index in [0.717, 1.165) is 6.07 Å². The second-order valence-electron chi connectivity index (χ2n) is 11.7. The Labute approximate surface area is 242 Å². The lowest BCUT2D eigenvalue weighted by molar-refractivity contribution is -0.136. The van der Waals surface area contributed by atoms with E-state index >= 15 is 13.2 Å². The van der Waals surface area contributed by atoms with E-state index in [1.165, 1.54) is 23.4 Å². The van der Waals surface area contributed by atoms with Crippen LogP contribution >= 0.6 is 0 Å². The molecule has 2 aliphatic rings. The first-order valence-corrected chi connectivity index (χ1v) is 14.2. The largest absolute Gasteiger partial charge is 0.385 e. The zero-order chi connectivity index (χ0) is 30.4. The van der Waals surface area contributed by atoms with Gasteiger partial charge in [-0.15, -0.1) is 0 Å². The number of carbonyl (C=O) groups excluding carboxylic acids is 1. The molecule has 1 aromatic carbocycles. The summed E-state index contributed by atoms with van der Waals surface area (Å²) in [5.41, 5.74) is -0.445. The molecule has 12 heteroatoms. The molecule has 5 rings (SSSR count). The van der Waals surface area contributed by atoms with Crippen molar-refractivity contribution in [2.75, 3.05) is 38.2 Å². The van der Waals surface area contributed by atoms with Gasteiger partial charge in [-0.3, -0.25) is 9.69 Å². The molecule has 1 amide bonds. The van der Waals surface area contributed by atoms with E-state index in [0.29, 0.717) is 28.1 Å². The summed E-state index contributed by atoms with van der Waals surface area (Å²) in [4.78, 5) is 28.2. The summed E-state index contributed by atoms with van der Waals surface area (Å²) in [5, 5.41) is 15.1. The number of hydrogen-bond acceptors (Lipinski definition) is 7. The van der Waals surface area contributed by atoms with Crippen molar-refractivity contribution < 1.29 is 27.5 Å². The number of nitrogens with zero attached hydrogens (tertiary/aromatic N) is 5. The number of pyridine rings is 1. The van der Waals surface area contributed by atoms with Crippen molar-refractivity contribution in [2.45, 2.75) is 64.1 Å².